The van der Waals surface area contributed by atoms with Crippen LogP contribution in [0.5, 0.6) is 0 Å². The van der Waals surface area contributed by atoms with E-state index in [1.165, 1.54) is 37.2 Å². The van der Waals surface area contributed by atoms with E-state index in [1.54, 1.807) is 0 Å². The molecular formula is C10H17N3S. The first-order chi connectivity index (χ1) is 6.78. The van der Waals surface area contributed by atoms with Gasteiger partial charge in [-0.2, -0.15) is 4.37 Å². The molecular weight excluding hydrogens is 194 g/mol. The molecule has 0 atom stereocenters. The Morgan fingerprint density at radius 1 is 1.43 bits per heavy atom. The molecule has 0 unspecified atom stereocenters. The van der Waals surface area contributed by atoms with Crippen molar-refractivity contribution in [3.05, 3.63) is 5.82 Å². The van der Waals surface area contributed by atoms with Crippen LogP contribution in [-0.2, 0) is 6.42 Å². The maximum Gasteiger partial charge on any atom is 0.203 e. The van der Waals surface area contributed by atoms with Crippen molar-refractivity contribution in [1.29, 1.82) is 0 Å². The first kappa shape index (κ1) is 9.90. The van der Waals surface area contributed by atoms with Crippen molar-refractivity contribution in [2.45, 2.75) is 51.5 Å². The maximum atomic E-state index is 4.44. The highest BCUT2D eigenvalue weighted by Crippen LogP contribution is 2.38. The molecule has 0 spiro atoms. The molecule has 2 rings (SSSR count). The second-order valence-electron chi connectivity index (χ2n) is 3.98. The normalized spacial score (nSPS) is 19.0. The summed E-state index contributed by atoms with van der Waals surface area (Å²) in [5.74, 6) is 0.961. The first-order valence-electron chi connectivity index (χ1n) is 5.39. The average Bonchev–Trinajstić information content (AvgIpc) is 2.59. The number of hydrogen-bond acceptors (Lipinski definition) is 4. The summed E-state index contributed by atoms with van der Waals surface area (Å²) in [5.41, 5.74) is 0.338. The Balaban J connectivity index is 2.02. The van der Waals surface area contributed by atoms with Gasteiger partial charge in [-0.15, -0.1) is 0 Å². The van der Waals surface area contributed by atoms with Crippen LogP contribution in [0.4, 0.5) is 5.13 Å². The van der Waals surface area contributed by atoms with Gasteiger partial charge in [0.2, 0.25) is 5.13 Å². The van der Waals surface area contributed by atoms with Crippen molar-refractivity contribution in [3.63, 3.8) is 0 Å². The molecule has 1 aromatic rings. The van der Waals surface area contributed by atoms with Gasteiger partial charge in [0.15, 0.2) is 0 Å². The summed E-state index contributed by atoms with van der Waals surface area (Å²) in [7, 11) is 0. The van der Waals surface area contributed by atoms with Gasteiger partial charge in [0, 0.05) is 23.5 Å². The number of aryl methyl sites for hydroxylation is 1. The van der Waals surface area contributed by atoms with Crippen molar-refractivity contribution in [1.82, 2.24) is 9.36 Å². The zero-order chi connectivity index (χ0) is 10.0. The molecule has 4 heteroatoms. The molecule has 1 N–H and O–H groups in total. The minimum Gasteiger partial charge on any atom is -0.355 e. The lowest BCUT2D eigenvalue weighted by atomic mass is 9.75. The highest BCUT2D eigenvalue weighted by atomic mass is 32.1. The van der Waals surface area contributed by atoms with Gasteiger partial charge in [-0.25, -0.2) is 4.98 Å². The molecule has 0 aliphatic heterocycles. The molecule has 0 amide bonds. The second kappa shape index (κ2) is 3.85. The Kier molecular flexibility index (Phi) is 2.72. The van der Waals surface area contributed by atoms with Crippen LogP contribution in [0.3, 0.4) is 0 Å². The topological polar surface area (TPSA) is 37.8 Å². The standard InChI is InChI=1S/C10H17N3S/c1-3-8-11-9(14-13-8)12-10(4-2)6-5-7-10/h3-7H2,1-2H3,(H,11,12,13). The lowest BCUT2D eigenvalue weighted by Gasteiger charge is -2.41. The first-order valence-corrected chi connectivity index (χ1v) is 6.16. The Morgan fingerprint density at radius 3 is 2.64 bits per heavy atom. The highest BCUT2D eigenvalue weighted by molar-refractivity contribution is 7.09. The van der Waals surface area contributed by atoms with Crippen LogP contribution in [0.2, 0.25) is 0 Å². The number of hydrogen-bond donors (Lipinski definition) is 1. The molecule has 0 saturated heterocycles. The number of rotatable bonds is 4. The number of nitrogens with zero attached hydrogens (tertiary/aromatic N) is 2. The van der Waals surface area contributed by atoms with Crippen molar-refractivity contribution in [3.8, 4) is 0 Å². The van der Waals surface area contributed by atoms with Gasteiger partial charge in [-0.1, -0.05) is 13.8 Å². The molecule has 0 radical (unpaired) electrons. The smallest absolute Gasteiger partial charge is 0.203 e. The molecule has 1 heterocycles. The Hall–Kier alpha value is -0.640. The summed E-state index contributed by atoms with van der Waals surface area (Å²) in [6.45, 7) is 4.33. The zero-order valence-corrected chi connectivity index (χ0v) is 9.65. The van der Waals surface area contributed by atoms with Crippen molar-refractivity contribution in [2.24, 2.45) is 0 Å². The lowest BCUT2D eigenvalue weighted by molar-refractivity contribution is 0.269. The van der Waals surface area contributed by atoms with Gasteiger partial charge < -0.3 is 5.32 Å². The Bertz CT molecular complexity index is 299. The van der Waals surface area contributed by atoms with Crippen LogP contribution in [0.1, 0.15) is 45.4 Å². The number of anilines is 1. The molecule has 1 aliphatic carbocycles. The molecule has 3 nitrogen and oxygen atoms in total. The molecule has 0 bridgehead atoms. The Labute approximate surface area is 89.1 Å². The van der Waals surface area contributed by atoms with E-state index in [2.05, 4.69) is 28.5 Å². The van der Waals surface area contributed by atoms with Crippen LogP contribution < -0.4 is 5.32 Å². The molecule has 14 heavy (non-hydrogen) atoms. The van der Waals surface area contributed by atoms with E-state index in [1.807, 2.05) is 0 Å². The van der Waals surface area contributed by atoms with Crippen LogP contribution in [0.15, 0.2) is 0 Å². The van der Waals surface area contributed by atoms with Crippen molar-refractivity contribution < 1.29 is 0 Å². The van der Waals surface area contributed by atoms with Crippen LogP contribution in [-0.4, -0.2) is 14.9 Å². The zero-order valence-electron chi connectivity index (χ0n) is 8.84. The van der Waals surface area contributed by atoms with E-state index in [-0.39, 0.29) is 0 Å². The van der Waals surface area contributed by atoms with E-state index >= 15 is 0 Å². The van der Waals surface area contributed by atoms with E-state index in [0.29, 0.717) is 5.54 Å². The van der Waals surface area contributed by atoms with Crippen LogP contribution in [0.25, 0.3) is 0 Å². The largest absolute Gasteiger partial charge is 0.355 e. The van der Waals surface area contributed by atoms with E-state index in [0.717, 1.165) is 17.4 Å². The lowest BCUT2D eigenvalue weighted by Crippen LogP contribution is -2.44. The van der Waals surface area contributed by atoms with Crippen LogP contribution >= 0.6 is 11.5 Å². The molecule has 1 fully saturated rings. The fourth-order valence-corrected chi connectivity index (χ4v) is 2.62. The minimum absolute atomic E-state index is 0.338. The SMILES string of the molecule is CCc1nsc(NC2(CC)CCC2)n1. The number of aromatic nitrogens is 2. The molecule has 0 aromatic carbocycles. The third kappa shape index (κ3) is 1.75. The Morgan fingerprint density at radius 2 is 2.21 bits per heavy atom. The third-order valence-corrected chi connectivity index (χ3v) is 3.81. The second-order valence-corrected chi connectivity index (χ2v) is 4.73. The van der Waals surface area contributed by atoms with E-state index < -0.39 is 0 Å². The molecule has 1 aromatic heterocycles. The fourth-order valence-electron chi connectivity index (χ4n) is 1.85. The van der Waals surface area contributed by atoms with Gasteiger partial charge in [-0.3, -0.25) is 0 Å². The van der Waals surface area contributed by atoms with Gasteiger partial charge in [-0.05, 0) is 25.7 Å². The summed E-state index contributed by atoms with van der Waals surface area (Å²) in [6.07, 6.45) is 6.03. The summed E-state index contributed by atoms with van der Waals surface area (Å²) in [5, 5.41) is 4.54. The predicted molar refractivity (Wildman–Crippen MR) is 59.8 cm³/mol. The molecule has 1 aliphatic rings. The monoisotopic (exact) mass is 211 g/mol. The van der Waals surface area contributed by atoms with Gasteiger partial charge >= 0.3 is 0 Å². The van der Waals surface area contributed by atoms with Gasteiger partial charge in [0.05, 0.1) is 0 Å². The van der Waals surface area contributed by atoms with Crippen molar-refractivity contribution in [2.75, 3.05) is 5.32 Å². The number of nitrogens with one attached hydrogen (secondary N) is 1. The summed E-state index contributed by atoms with van der Waals surface area (Å²) >= 11 is 1.49. The third-order valence-electron chi connectivity index (χ3n) is 3.14. The summed E-state index contributed by atoms with van der Waals surface area (Å²) < 4.78 is 4.28. The van der Waals surface area contributed by atoms with E-state index in [9.17, 15) is 0 Å². The highest BCUT2D eigenvalue weighted by Gasteiger charge is 2.35. The maximum absolute atomic E-state index is 4.44. The summed E-state index contributed by atoms with van der Waals surface area (Å²) in [4.78, 5) is 4.44. The average molecular weight is 211 g/mol. The quantitative estimate of drug-likeness (QED) is 0.832. The predicted octanol–water partition coefficient (Wildman–Crippen LogP) is 2.85. The minimum atomic E-state index is 0.338. The van der Waals surface area contributed by atoms with Gasteiger partial charge in [0.1, 0.15) is 5.82 Å². The molecule has 78 valence electrons. The molecule has 1 saturated carbocycles. The van der Waals surface area contributed by atoms with Gasteiger partial charge in [0.25, 0.3) is 0 Å². The fraction of sp³-hybridized carbons (Fsp3) is 0.800. The van der Waals surface area contributed by atoms with Crippen LogP contribution in [0, 0.1) is 0 Å². The van der Waals surface area contributed by atoms with Crippen molar-refractivity contribution >= 4 is 16.7 Å². The summed E-state index contributed by atoms with van der Waals surface area (Å²) in [6, 6.07) is 0. The van der Waals surface area contributed by atoms with E-state index in [4.69, 9.17) is 0 Å².